The zero-order valence-corrected chi connectivity index (χ0v) is 14.1. The Morgan fingerprint density at radius 1 is 1.08 bits per heavy atom. The molecule has 25 heavy (non-hydrogen) atoms. The number of hydrogen-bond donors (Lipinski definition) is 0. The largest absolute Gasteiger partial charge is 0.467 e. The van der Waals surface area contributed by atoms with Crippen molar-refractivity contribution in [3.8, 4) is 17.1 Å². The third-order valence-corrected chi connectivity index (χ3v) is 4.03. The van der Waals surface area contributed by atoms with Crippen LogP contribution in [0.2, 0.25) is 0 Å². The number of nitrogens with zero attached hydrogens (tertiary/aromatic N) is 3. The maximum absolute atomic E-state index is 13.5. The highest BCUT2D eigenvalue weighted by molar-refractivity contribution is 5.65. The van der Waals surface area contributed by atoms with Crippen molar-refractivity contribution in [2.75, 3.05) is 7.11 Å². The fraction of sp³-hybridized carbons (Fsp3) is 0.222. The lowest BCUT2D eigenvalue weighted by Crippen LogP contribution is -2.23. The molecule has 0 bridgehead atoms. The summed E-state index contributed by atoms with van der Waals surface area (Å²) in [5, 5.41) is 4.00. The van der Waals surface area contributed by atoms with Gasteiger partial charge in [0.05, 0.1) is 13.7 Å². The van der Waals surface area contributed by atoms with Crippen LogP contribution in [0.4, 0.5) is 8.78 Å². The lowest BCUT2D eigenvalue weighted by Gasteiger charge is -2.11. The van der Waals surface area contributed by atoms with Crippen molar-refractivity contribution in [1.29, 1.82) is 0 Å². The topological polar surface area (TPSA) is 49.1 Å². The molecule has 0 aliphatic carbocycles. The van der Waals surface area contributed by atoms with Crippen LogP contribution < -0.4 is 10.4 Å². The minimum Gasteiger partial charge on any atom is -0.467 e. The highest BCUT2D eigenvalue weighted by Crippen LogP contribution is 2.25. The van der Waals surface area contributed by atoms with Crippen LogP contribution in [0.15, 0.2) is 41.2 Å². The van der Waals surface area contributed by atoms with Crippen molar-refractivity contribution in [3.05, 3.63) is 69.6 Å². The molecule has 0 amide bonds. The van der Waals surface area contributed by atoms with Gasteiger partial charge in [-0.25, -0.2) is 22.8 Å². The van der Waals surface area contributed by atoms with E-state index in [4.69, 9.17) is 4.74 Å². The first-order chi connectivity index (χ1) is 11.9. The number of aromatic nitrogens is 3. The minimum atomic E-state index is -0.637. The van der Waals surface area contributed by atoms with Crippen molar-refractivity contribution in [1.82, 2.24) is 14.3 Å². The van der Waals surface area contributed by atoms with Crippen LogP contribution in [0.3, 0.4) is 0 Å². The van der Waals surface area contributed by atoms with E-state index in [1.54, 1.807) is 13.1 Å². The van der Waals surface area contributed by atoms with E-state index in [2.05, 4.69) is 5.10 Å². The van der Waals surface area contributed by atoms with Gasteiger partial charge in [-0.1, -0.05) is 12.1 Å². The number of benzene rings is 2. The molecule has 3 rings (SSSR count). The molecule has 0 saturated heterocycles. The van der Waals surface area contributed by atoms with Gasteiger partial charge in [-0.3, -0.25) is 0 Å². The predicted molar refractivity (Wildman–Crippen MR) is 89.7 cm³/mol. The molecule has 0 N–H and O–H groups in total. The quantitative estimate of drug-likeness (QED) is 0.731. The Morgan fingerprint density at radius 3 is 2.40 bits per heavy atom. The Labute approximate surface area is 143 Å². The highest BCUT2D eigenvalue weighted by atomic mass is 19.1. The van der Waals surface area contributed by atoms with Gasteiger partial charge < -0.3 is 4.74 Å². The molecule has 130 valence electrons. The van der Waals surface area contributed by atoms with Crippen LogP contribution in [0.25, 0.3) is 11.1 Å². The monoisotopic (exact) mass is 345 g/mol. The Morgan fingerprint density at radius 2 is 1.76 bits per heavy atom. The molecule has 0 aliphatic heterocycles. The van der Waals surface area contributed by atoms with Gasteiger partial charge in [0.25, 0.3) is 0 Å². The molecule has 0 aliphatic rings. The first-order valence-electron chi connectivity index (χ1n) is 7.63. The Kier molecular flexibility index (Phi) is 4.39. The summed E-state index contributed by atoms with van der Waals surface area (Å²) in [4.78, 5) is 12.2. The van der Waals surface area contributed by atoms with E-state index in [0.717, 1.165) is 17.2 Å². The molecule has 0 spiro atoms. The van der Waals surface area contributed by atoms with E-state index in [0.29, 0.717) is 11.1 Å². The lowest BCUT2D eigenvalue weighted by molar-refractivity contribution is 0.357. The molecular weight excluding hydrogens is 328 g/mol. The summed E-state index contributed by atoms with van der Waals surface area (Å²) in [5.41, 5.74) is 2.56. The first kappa shape index (κ1) is 16.9. The molecule has 7 heteroatoms. The van der Waals surface area contributed by atoms with Crippen LogP contribution in [0.1, 0.15) is 11.1 Å². The summed E-state index contributed by atoms with van der Waals surface area (Å²) in [6, 6.07) is 9.02. The molecule has 1 aromatic heterocycles. The summed E-state index contributed by atoms with van der Waals surface area (Å²) in [6.45, 7) is 2.15. The van der Waals surface area contributed by atoms with Crippen molar-refractivity contribution < 1.29 is 13.5 Å². The second-order valence-electron chi connectivity index (χ2n) is 5.78. The highest BCUT2D eigenvalue weighted by Gasteiger charge is 2.14. The lowest BCUT2D eigenvalue weighted by atomic mass is 9.99. The fourth-order valence-corrected chi connectivity index (χ4v) is 2.68. The van der Waals surface area contributed by atoms with Gasteiger partial charge in [-0.05, 0) is 47.4 Å². The average Bonchev–Trinajstić information content (AvgIpc) is 2.83. The van der Waals surface area contributed by atoms with Gasteiger partial charge in [-0.2, -0.15) is 0 Å². The number of rotatable bonds is 4. The zero-order chi connectivity index (χ0) is 18.1. The number of halogens is 2. The standard InChI is InChI=1S/C18H17F2N3O2/c1-11-4-5-12(13-7-15(19)9-16(20)8-13)6-14(11)10-23-17(25-3)21-22(2)18(23)24/h4-9H,10H2,1-3H3. The van der Waals surface area contributed by atoms with Gasteiger partial charge in [0.15, 0.2) is 0 Å². The van der Waals surface area contributed by atoms with E-state index >= 15 is 0 Å². The molecule has 3 aromatic rings. The van der Waals surface area contributed by atoms with E-state index in [9.17, 15) is 13.6 Å². The van der Waals surface area contributed by atoms with Gasteiger partial charge in [0, 0.05) is 13.1 Å². The number of ether oxygens (including phenoxy) is 1. The van der Waals surface area contributed by atoms with Crippen LogP contribution in [0.5, 0.6) is 6.01 Å². The molecule has 2 aromatic carbocycles. The molecular formula is C18H17F2N3O2. The van der Waals surface area contributed by atoms with Crippen LogP contribution >= 0.6 is 0 Å². The van der Waals surface area contributed by atoms with E-state index in [1.807, 2.05) is 19.1 Å². The number of aryl methyl sites for hydroxylation is 2. The Bertz CT molecular complexity index is 972. The van der Waals surface area contributed by atoms with Crippen LogP contribution in [-0.4, -0.2) is 21.5 Å². The van der Waals surface area contributed by atoms with Crippen molar-refractivity contribution >= 4 is 0 Å². The SMILES string of the molecule is COc1nn(C)c(=O)n1Cc1cc(-c2cc(F)cc(F)c2)ccc1C. The average molecular weight is 345 g/mol. The van der Waals surface area contributed by atoms with E-state index in [1.165, 1.54) is 28.5 Å². The summed E-state index contributed by atoms with van der Waals surface area (Å²) in [6.07, 6.45) is 0. The Hall–Kier alpha value is -2.96. The maximum Gasteiger partial charge on any atom is 0.348 e. The summed E-state index contributed by atoms with van der Waals surface area (Å²) in [7, 11) is 2.98. The summed E-state index contributed by atoms with van der Waals surface area (Å²) >= 11 is 0. The molecule has 0 unspecified atom stereocenters. The van der Waals surface area contributed by atoms with E-state index in [-0.39, 0.29) is 18.2 Å². The maximum atomic E-state index is 13.5. The third kappa shape index (κ3) is 3.31. The van der Waals surface area contributed by atoms with Gasteiger partial charge in [0.2, 0.25) is 0 Å². The second-order valence-corrected chi connectivity index (χ2v) is 5.78. The number of hydrogen-bond acceptors (Lipinski definition) is 3. The first-order valence-corrected chi connectivity index (χ1v) is 7.63. The molecule has 5 nitrogen and oxygen atoms in total. The molecule has 1 heterocycles. The van der Waals surface area contributed by atoms with Crippen LogP contribution in [0, 0.1) is 18.6 Å². The van der Waals surface area contributed by atoms with Crippen LogP contribution in [-0.2, 0) is 13.6 Å². The summed E-state index contributed by atoms with van der Waals surface area (Å²) in [5.74, 6) is -1.27. The van der Waals surface area contributed by atoms with Gasteiger partial charge in [-0.15, -0.1) is 5.10 Å². The third-order valence-electron chi connectivity index (χ3n) is 4.03. The molecule has 0 saturated carbocycles. The fourth-order valence-electron chi connectivity index (χ4n) is 2.68. The van der Waals surface area contributed by atoms with Crippen molar-refractivity contribution in [2.45, 2.75) is 13.5 Å². The Balaban J connectivity index is 2.05. The van der Waals surface area contributed by atoms with Crippen molar-refractivity contribution in [2.24, 2.45) is 7.05 Å². The molecule has 0 fully saturated rings. The zero-order valence-electron chi connectivity index (χ0n) is 14.1. The molecule has 0 radical (unpaired) electrons. The predicted octanol–water partition coefficient (Wildman–Crippen LogP) is 2.89. The van der Waals surface area contributed by atoms with Gasteiger partial charge in [0.1, 0.15) is 11.6 Å². The summed E-state index contributed by atoms with van der Waals surface area (Å²) < 4.78 is 34.7. The van der Waals surface area contributed by atoms with E-state index < -0.39 is 11.6 Å². The normalized spacial score (nSPS) is 10.9. The van der Waals surface area contributed by atoms with Crippen molar-refractivity contribution in [3.63, 3.8) is 0 Å². The number of methoxy groups -OCH3 is 1. The van der Waals surface area contributed by atoms with Gasteiger partial charge >= 0.3 is 11.7 Å². The molecule has 0 atom stereocenters. The second kappa shape index (κ2) is 6.51. The smallest absolute Gasteiger partial charge is 0.348 e. The minimum absolute atomic E-state index is 0.203.